The fraction of sp³-hybridized carbons (Fsp3) is 0.412. The lowest BCUT2D eigenvalue weighted by Gasteiger charge is -2.20. The van der Waals surface area contributed by atoms with Gasteiger partial charge < -0.3 is 10.6 Å². The molecule has 1 aromatic carbocycles. The normalized spacial score (nSPS) is 14.1. The SMILES string of the molecule is CCNCc1cc(-c2n[nH]c(=O)c3c2NCCC3)ccc1C(F)(F)F. The minimum absolute atomic E-state index is 0.109. The molecule has 1 aromatic heterocycles. The number of benzene rings is 1. The predicted octanol–water partition coefficient (Wildman–Crippen LogP) is 2.92. The predicted molar refractivity (Wildman–Crippen MR) is 89.5 cm³/mol. The summed E-state index contributed by atoms with van der Waals surface area (Å²) in [5.41, 5.74) is 1.47. The van der Waals surface area contributed by atoms with E-state index < -0.39 is 11.7 Å². The Kier molecular flexibility index (Phi) is 4.80. The van der Waals surface area contributed by atoms with Gasteiger partial charge in [0.2, 0.25) is 0 Å². The Labute approximate surface area is 142 Å². The largest absolute Gasteiger partial charge is 0.416 e. The molecule has 0 spiro atoms. The van der Waals surface area contributed by atoms with Crippen molar-refractivity contribution in [1.29, 1.82) is 0 Å². The van der Waals surface area contributed by atoms with Crippen molar-refractivity contribution >= 4 is 5.69 Å². The highest BCUT2D eigenvalue weighted by molar-refractivity contribution is 5.77. The van der Waals surface area contributed by atoms with Crippen LogP contribution < -0.4 is 16.2 Å². The minimum Gasteiger partial charge on any atom is -0.383 e. The van der Waals surface area contributed by atoms with Crippen molar-refractivity contribution in [2.75, 3.05) is 18.4 Å². The Morgan fingerprint density at radius 1 is 1.32 bits per heavy atom. The summed E-state index contributed by atoms with van der Waals surface area (Å²) in [7, 11) is 0. The van der Waals surface area contributed by atoms with E-state index in [0.717, 1.165) is 12.5 Å². The van der Waals surface area contributed by atoms with Gasteiger partial charge in [-0.25, -0.2) is 5.10 Å². The Hall–Kier alpha value is -2.35. The number of alkyl halides is 3. The van der Waals surface area contributed by atoms with Gasteiger partial charge in [0.05, 0.1) is 11.3 Å². The van der Waals surface area contributed by atoms with Crippen molar-refractivity contribution in [3.63, 3.8) is 0 Å². The minimum atomic E-state index is -4.42. The van der Waals surface area contributed by atoms with E-state index in [1.165, 1.54) is 12.1 Å². The molecule has 3 rings (SSSR count). The summed E-state index contributed by atoms with van der Waals surface area (Å²) in [5.74, 6) is 0. The lowest BCUT2D eigenvalue weighted by Crippen LogP contribution is -2.24. The molecule has 0 radical (unpaired) electrons. The van der Waals surface area contributed by atoms with Crippen LogP contribution in [0, 0.1) is 0 Å². The number of H-pyrrole nitrogens is 1. The van der Waals surface area contributed by atoms with Crippen molar-refractivity contribution in [3.8, 4) is 11.3 Å². The Bertz CT molecular complexity index is 830. The van der Waals surface area contributed by atoms with E-state index in [1.807, 2.05) is 6.92 Å². The number of nitrogens with one attached hydrogen (secondary N) is 3. The summed E-state index contributed by atoms with van der Waals surface area (Å²) in [6.07, 6.45) is -2.96. The molecule has 0 bridgehead atoms. The molecule has 134 valence electrons. The number of rotatable bonds is 4. The number of aromatic amines is 1. The lowest BCUT2D eigenvalue weighted by atomic mass is 9.97. The number of nitrogens with zero attached hydrogens (tertiary/aromatic N) is 1. The van der Waals surface area contributed by atoms with Crippen molar-refractivity contribution < 1.29 is 13.2 Å². The first-order chi connectivity index (χ1) is 11.9. The first kappa shape index (κ1) is 17.5. The van der Waals surface area contributed by atoms with E-state index in [4.69, 9.17) is 0 Å². The van der Waals surface area contributed by atoms with Crippen molar-refractivity contribution in [2.45, 2.75) is 32.5 Å². The van der Waals surface area contributed by atoms with Gasteiger partial charge in [-0.05, 0) is 37.1 Å². The number of fused-ring (bicyclic) bond motifs is 1. The molecule has 0 saturated heterocycles. The summed E-state index contributed by atoms with van der Waals surface area (Å²) in [4.78, 5) is 11.9. The van der Waals surface area contributed by atoms with E-state index in [9.17, 15) is 18.0 Å². The maximum atomic E-state index is 13.2. The van der Waals surface area contributed by atoms with Gasteiger partial charge in [0, 0.05) is 24.2 Å². The van der Waals surface area contributed by atoms with Gasteiger partial charge in [0.15, 0.2) is 0 Å². The summed E-state index contributed by atoms with van der Waals surface area (Å²) in [6.45, 7) is 3.21. The molecule has 1 aliphatic rings. The Morgan fingerprint density at radius 2 is 2.12 bits per heavy atom. The Balaban J connectivity index is 2.11. The average Bonchev–Trinajstić information content (AvgIpc) is 2.59. The first-order valence-corrected chi connectivity index (χ1v) is 8.18. The van der Waals surface area contributed by atoms with Gasteiger partial charge in [-0.1, -0.05) is 13.0 Å². The summed E-state index contributed by atoms with van der Waals surface area (Å²) in [6, 6.07) is 3.96. The second-order valence-corrected chi connectivity index (χ2v) is 5.94. The third kappa shape index (κ3) is 3.53. The molecule has 0 unspecified atom stereocenters. The lowest BCUT2D eigenvalue weighted by molar-refractivity contribution is -0.138. The molecule has 5 nitrogen and oxygen atoms in total. The third-order valence-electron chi connectivity index (χ3n) is 4.24. The molecular weight excluding hydrogens is 333 g/mol. The van der Waals surface area contributed by atoms with E-state index in [2.05, 4.69) is 20.8 Å². The molecule has 3 N–H and O–H groups in total. The number of hydrogen-bond donors (Lipinski definition) is 3. The smallest absolute Gasteiger partial charge is 0.383 e. The van der Waals surface area contributed by atoms with Crippen LogP contribution in [-0.4, -0.2) is 23.3 Å². The zero-order valence-electron chi connectivity index (χ0n) is 13.8. The zero-order valence-corrected chi connectivity index (χ0v) is 13.8. The fourth-order valence-electron chi connectivity index (χ4n) is 3.03. The summed E-state index contributed by atoms with van der Waals surface area (Å²) in [5, 5.41) is 12.6. The van der Waals surface area contributed by atoms with Gasteiger partial charge in [-0.2, -0.15) is 18.3 Å². The maximum Gasteiger partial charge on any atom is 0.416 e. The standard InChI is InChI=1S/C17H19F3N4O/c1-2-21-9-11-8-10(5-6-13(11)17(18,19)20)14-15-12(4-3-7-22-15)16(25)24-23-14/h5-6,8,21-22H,2-4,7,9H2,1H3,(H,24,25). The van der Waals surface area contributed by atoms with Crippen LogP contribution in [0.1, 0.15) is 30.0 Å². The van der Waals surface area contributed by atoms with Gasteiger partial charge >= 0.3 is 6.18 Å². The molecule has 25 heavy (non-hydrogen) atoms. The van der Waals surface area contributed by atoms with Crippen LogP contribution in [0.2, 0.25) is 0 Å². The fourth-order valence-corrected chi connectivity index (χ4v) is 3.03. The quantitative estimate of drug-likeness (QED) is 0.791. The molecule has 8 heteroatoms. The Morgan fingerprint density at radius 3 is 2.84 bits per heavy atom. The number of hydrogen-bond acceptors (Lipinski definition) is 4. The van der Waals surface area contributed by atoms with Crippen molar-refractivity contribution in [1.82, 2.24) is 15.5 Å². The van der Waals surface area contributed by atoms with Crippen LogP contribution in [0.15, 0.2) is 23.0 Å². The summed E-state index contributed by atoms with van der Waals surface area (Å²) < 4.78 is 39.7. The van der Waals surface area contributed by atoms with Crippen LogP contribution >= 0.6 is 0 Å². The second kappa shape index (κ2) is 6.87. The average molecular weight is 352 g/mol. The zero-order chi connectivity index (χ0) is 18.0. The molecule has 0 fully saturated rings. The number of halogens is 3. The first-order valence-electron chi connectivity index (χ1n) is 8.18. The highest BCUT2D eigenvalue weighted by Crippen LogP contribution is 2.36. The second-order valence-electron chi connectivity index (χ2n) is 5.94. The van der Waals surface area contributed by atoms with Gasteiger partial charge in [-0.15, -0.1) is 0 Å². The number of anilines is 1. The summed E-state index contributed by atoms with van der Waals surface area (Å²) >= 11 is 0. The third-order valence-corrected chi connectivity index (χ3v) is 4.24. The molecule has 0 aliphatic carbocycles. The van der Waals surface area contributed by atoms with Crippen LogP contribution in [0.4, 0.5) is 18.9 Å². The van der Waals surface area contributed by atoms with Gasteiger partial charge in [0.25, 0.3) is 5.56 Å². The van der Waals surface area contributed by atoms with E-state index >= 15 is 0 Å². The number of aromatic nitrogens is 2. The molecule has 0 saturated carbocycles. The molecule has 0 atom stereocenters. The van der Waals surface area contributed by atoms with E-state index in [-0.39, 0.29) is 17.7 Å². The maximum absolute atomic E-state index is 13.2. The van der Waals surface area contributed by atoms with Gasteiger partial charge in [-0.3, -0.25) is 4.79 Å². The molecule has 2 aromatic rings. The van der Waals surface area contributed by atoms with Crippen LogP contribution in [0.3, 0.4) is 0 Å². The monoisotopic (exact) mass is 352 g/mol. The molecule has 2 heterocycles. The van der Waals surface area contributed by atoms with Crippen LogP contribution in [0.5, 0.6) is 0 Å². The van der Waals surface area contributed by atoms with Crippen LogP contribution in [0.25, 0.3) is 11.3 Å². The highest BCUT2D eigenvalue weighted by atomic mass is 19.4. The molecule has 1 aliphatic heterocycles. The van der Waals surface area contributed by atoms with Crippen molar-refractivity contribution in [2.24, 2.45) is 0 Å². The van der Waals surface area contributed by atoms with E-state index in [0.29, 0.717) is 42.0 Å². The molecule has 0 amide bonds. The molecular formula is C17H19F3N4O. The van der Waals surface area contributed by atoms with Gasteiger partial charge in [0.1, 0.15) is 5.69 Å². The van der Waals surface area contributed by atoms with Crippen molar-refractivity contribution in [3.05, 3.63) is 45.2 Å². The van der Waals surface area contributed by atoms with Crippen LogP contribution in [-0.2, 0) is 19.1 Å². The highest BCUT2D eigenvalue weighted by Gasteiger charge is 2.33. The van der Waals surface area contributed by atoms with E-state index in [1.54, 1.807) is 0 Å². The topological polar surface area (TPSA) is 69.8 Å².